The number of hydrogen-bond donors (Lipinski definition) is 4. The molecule has 12 heteroatoms. The van der Waals surface area contributed by atoms with Crippen LogP contribution in [0.5, 0.6) is 0 Å². The highest BCUT2D eigenvalue weighted by atomic mass is 32.2. The number of sulfonamides is 1. The molecule has 0 aliphatic rings. The van der Waals surface area contributed by atoms with Gasteiger partial charge in [-0.15, -0.1) is 9.42 Å². The number of carbonyl (C=O) groups is 1. The van der Waals surface area contributed by atoms with Crippen molar-refractivity contribution in [3.05, 3.63) is 60.2 Å². The zero-order chi connectivity index (χ0) is 24.6. The van der Waals surface area contributed by atoms with Gasteiger partial charge in [-0.3, -0.25) is 0 Å². The number of nitrogens with two attached hydrogens (primary N) is 1. The monoisotopic (exact) mass is 498 g/mol. The molecule has 180 valence electrons. The van der Waals surface area contributed by atoms with Gasteiger partial charge in [-0.1, -0.05) is 44.2 Å². The van der Waals surface area contributed by atoms with Gasteiger partial charge in [-0.25, -0.2) is 13.2 Å². The van der Waals surface area contributed by atoms with E-state index in [0.29, 0.717) is 5.69 Å². The quantitative estimate of drug-likeness (QED) is 0.257. The maximum Gasteiger partial charge on any atom is 0.695 e. The zero-order valence-corrected chi connectivity index (χ0v) is 20.1. The Labute approximate surface area is 194 Å². The molecule has 2 aromatic rings. The van der Waals surface area contributed by atoms with Crippen LogP contribution in [-0.4, -0.2) is 54.1 Å². The molecule has 5 N–H and O–H groups in total. The van der Waals surface area contributed by atoms with Crippen LogP contribution in [0.3, 0.4) is 0 Å². The number of anilines is 1. The molecule has 0 saturated carbocycles. The molecule has 0 aromatic heterocycles. The fourth-order valence-corrected chi connectivity index (χ4v) is 5.38. The van der Waals surface area contributed by atoms with Crippen LogP contribution >= 0.6 is 8.25 Å². The van der Waals surface area contributed by atoms with Gasteiger partial charge >= 0.3 is 14.3 Å². The zero-order valence-electron chi connectivity index (χ0n) is 18.4. The highest BCUT2D eigenvalue weighted by Crippen LogP contribution is 2.26. The van der Waals surface area contributed by atoms with E-state index in [1.807, 2.05) is 13.8 Å². The van der Waals surface area contributed by atoms with Gasteiger partial charge in [0, 0.05) is 23.3 Å². The molecule has 33 heavy (non-hydrogen) atoms. The van der Waals surface area contributed by atoms with Gasteiger partial charge in [0.1, 0.15) is 0 Å². The third-order valence-corrected chi connectivity index (χ3v) is 7.05. The van der Waals surface area contributed by atoms with E-state index in [0.717, 1.165) is 9.87 Å². The third kappa shape index (κ3) is 8.38. The molecule has 0 bridgehead atoms. The molecule has 3 atom stereocenters. The third-order valence-electron chi connectivity index (χ3n) is 4.75. The van der Waals surface area contributed by atoms with Crippen molar-refractivity contribution in [1.29, 1.82) is 0 Å². The second-order valence-electron chi connectivity index (χ2n) is 7.91. The maximum atomic E-state index is 13.4. The van der Waals surface area contributed by atoms with Gasteiger partial charge in [0.25, 0.3) is 0 Å². The van der Waals surface area contributed by atoms with Crippen molar-refractivity contribution < 1.29 is 32.3 Å². The number of nitrogens with one attached hydrogen (secondary N) is 1. The summed E-state index contributed by atoms with van der Waals surface area (Å²) >= 11 is 0. The van der Waals surface area contributed by atoms with Gasteiger partial charge in [0.2, 0.25) is 10.0 Å². The molecule has 0 heterocycles. The molecule has 0 radical (unpaired) electrons. The molecular weight excluding hydrogens is 469 g/mol. The van der Waals surface area contributed by atoms with Crippen molar-refractivity contribution in [2.75, 3.05) is 18.8 Å². The van der Waals surface area contributed by atoms with Crippen molar-refractivity contribution in [2.45, 2.75) is 37.3 Å². The Balaban J connectivity index is 2.43. The number of nitrogens with zero attached hydrogens (tertiary/aromatic N) is 1. The highest BCUT2D eigenvalue weighted by molar-refractivity contribution is 7.89. The number of benzene rings is 2. The Kier molecular flexibility index (Phi) is 9.75. The summed E-state index contributed by atoms with van der Waals surface area (Å²) in [5, 5.41) is 11.6. The summed E-state index contributed by atoms with van der Waals surface area (Å²) in [7, 11) is -7.17. The van der Waals surface area contributed by atoms with E-state index in [1.54, 1.807) is 30.3 Å². The first kappa shape index (κ1) is 26.7. The molecule has 2 aromatic carbocycles. The summed E-state index contributed by atoms with van der Waals surface area (Å²) in [6, 6.07) is 13.5. The van der Waals surface area contributed by atoms with Gasteiger partial charge in [-0.2, -0.15) is 4.31 Å². The Morgan fingerprint density at radius 1 is 1.12 bits per heavy atom. The molecule has 0 aliphatic carbocycles. The molecule has 0 spiro atoms. The average Bonchev–Trinajstić information content (AvgIpc) is 2.72. The first-order chi connectivity index (χ1) is 15.5. The van der Waals surface area contributed by atoms with Crippen molar-refractivity contribution >= 4 is 30.1 Å². The molecule has 0 aliphatic heterocycles. The lowest BCUT2D eigenvalue weighted by Crippen LogP contribution is -2.51. The Hall–Kier alpha value is -2.56. The first-order valence-corrected chi connectivity index (χ1v) is 12.8. The summed E-state index contributed by atoms with van der Waals surface area (Å²) in [4.78, 5) is 20.9. The van der Waals surface area contributed by atoms with Crippen LogP contribution < -0.4 is 11.1 Å². The largest absolute Gasteiger partial charge is 0.695 e. The van der Waals surface area contributed by atoms with E-state index in [4.69, 9.17) is 10.3 Å². The first-order valence-electron chi connectivity index (χ1n) is 10.2. The van der Waals surface area contributed by atoms with E-state index < -0.39 is 36.5 Å². The highest BCUT2D eigenvalue weighted by Gasteiger charge is 2.37. The summed E-state index contributed by atoms with van der Waals surface area (Å²) in [5.41, 5.74) is 6.81. The Morgan fingerprint density at radius 3 is 2.24 bits per heavy atom. The number of carboxylic acid groups (broad SMARTS) is 1. The molecule has 2 rings (SSSR count). The number of rotatable bonds is 12. The van der Waals surface area contributed by atoms with E-state index in [2.05, 4.69) is 5.32 Å². The van der Waals surface area contributed by atoms with Crippen LogP contribution in [0, 0.1) is 5.92 Å². The molecule has 1 amide bonds. The fraction of sp³-hybridized carbons (Fsp3) is 0.381. The Bertz CT molecular complexity index is 1030. The van der Waals surface area contributed by atoms with E-state index in [-0.39, 0.29) is 30.3 Å². The molecule has 0 saturated heterocycles. The SMILES string of the molecule is CC(C)CN(C[C@@H](O[P+](=O)O)[C@H](Cc1ccccc1)NC(=O)O)S(=O)(=O)c1ccc(N)cc1. The Morgan fingerprint density at radius 2 is 1.73 bits per heavy atom. The maximum absolute atomic E-state index is 13.4. The van der Waals surface area contributed by atoms with Gasteiger partial charge in [0.15, 0.2) is 6.10 Å². The summed E-state index contributed by atoms with van der Waals surface area (Å²) in [6.45, 7) is 3.39. The number of hydrogen-bond acceptors (Lipinski definition) is 6. The van der Waals surface area contributed by atoms with Gasteiger partial charge < -0.3 is 16.2 Å². The van der Waals surface area contributed by atoms with Crippen LogP contribution in [-0.2, 0) is 25.5 Å². The smallest absolute Gasteiger partial charge is 0.465 e. The van der Waals surface area contributed by atoms with Gasteiger partial charge in [-0.05, 0) is 42.2 Å². The minimum atomic E-state index is -4.03. The fourth-order valence-electron chi connectivity index (χ4n) is 3.32. The van der Waals surface area contributed by atoms with E-state index in [9.17, 15) is 27.8 Å². The van der Waals surface area contributed by atoms with Crippen molar-refractivity contribution in [3.63, 3.8) is 0 Å². The van der Waals surface area contributed by atoms with Crippen LogP contribution in [0.25, 0.3) is 0 Å². The second-order valence-corrected chi connectivity index (χ2v) is 10.5. The van der Waals surface area contributed by atoms with Crippen molar-refractivity contribution in [1.82, 2.24) is 9.62 Å². The van der Waals surface area contributed by atoms with Crippen LogP contribution in [0.2, 0.25) is 0 Å². The predicted octanol–water partition coefficient (Wildman–Crippen LogP) is 2.83. The molecule has 10 nitrogen and oxygen atoms in total. The molecule has 1 unspecified atom stereocenters. The lowest BCUT2D eigenvalue weighted by molar-refractivity contribution is 0.113. The van der Waals surface area contributed by atoms with E-state index >= 15 is 0 Å². The standard InChI is InChI=1S/C21H28N3O7PS/c1-15(2)13-24(33(29,30)18-10-8-17(22)9-11-18)14-20(31-32(27)28)19(23-21(25)26)12-16-6-4-3-5-7-16/h3-11,15,19-20,23H,12-14,22H2,1-2H3,(H-,25,26,27,28)/p+1/t19-,20+/m0/s1. The number of nitrogen functional groups attached to an aromatic ring is 1. The predicted molar refractivity (Wildman–Crippen MR) is 124 cm³/mol. The molecular formula is C21H29N3O7PS+. The average molecular weight is 499 g/mol. The lowest BCUT2D eigenvalue weighted by Gasteiger charge is -2.30. The normalized spacial score (nSPS) is 14.2. The lowest BCUT2D eigenvalue weighted by atomic mass is 10.0. The summed E-state index contributed by atoms with van der Waals surface area (Å²) in [5.74, 6) is -0.0860. The van der Waals surface area contributed by atoms with Crippen LogP contribution in [0.4, 0.5) is 10.5 Å². The molecule has 0 fully saturated rings. The summed E-state index contributed by atoms with van der Waals surface area (Å²) in [6.07, 6.45) is -2.48. The minimum Gasteiger partial charge on any atom is -0.465 e. The van der Waals surface area contributed by atoms with Gasteiger partial charge in [0.05, 0.1) is 10.9 Å². The number of amides is 1. The van der Waals surface area contributed by atoms with Crippen molar-refractivity contribution in [3.8, 4) is 0 Å². The van der Waals surface area contributed by atoms with Crippen LogP contribution in [0.15, 0.2) is 59.5 Å². The summed E-state index contributed by atoms with van der Waals surface area (Å²) < 4.78 is 44.6. The second kappa shape index (κ2) is 12.1. The topological polar surface area (TPSA) is 159 Å². The van der Waals surface area contributed by atoms with E-state index in [1.165, 1.54) is 24.3 Å². The minimum absolute atomic E-state index is 0.00436. The van der Waals surface area contributed by atoms with Crippen molar-refractivity contribution in [2.24, 2.45) is 5.92 Å². The van der Waals surface area contributed by atoms with Crippen LogP contribution in [0.1, 0.15) is 19.4 Å².